The Hall–Kier alpha value is -2.68. The lowest BCUT2D eigenvalue weighted by atomic mass is 9.92. The van der Waals surface area contributed by atoms with E-state index in [0.29, 0.717) is 11.8 Å². The molecule has 3 nitrogen and oxygen atoms in total. The summed E-state index contributed by atoms with van der Waals surface area (Å²) in [5, 5.41) is 9.69. The first kappa shape index (κ1) is 20.1. The van der Waals surface area contributed by atoms with Crippen LogP contribution in [0.5, 0.6) is 5.75 Å². The van der Waals surface area contributed by atoms with Crippen LogP contribution in [0.3, 0.4) is 0 Å². The number of rotatable bonds is 8. The van der Waals surface area contributed by atoms with Crippen molar-refractivity contribution in [2.45, 2.75) is 39.5 Å². The summed E-state index contributed by atoms with van der Waals surface area (Å²) in [7, 11) is 1.72. The molecule has 0 unspecified atom stereocenters. The predicted molar refractivity (Wildman–Crippen MR) is 122 cm³/mol. The summed E-state index contributed by atoms with van der Waals surface area (Å²) in [5.74, 6) is 1.86. The third-order valence-electron chi connectivity index (χ3n) is 5.21. The molecule has 148 valence electrons. The zero-order valence-corrected chi connectivity index (χ0v) is 17.7. The number of ether oxygens (including phenoxy) is 1. The summed E-state index contributed by atoms with van der Waals surface area (Å²) in [4.78, 5) is 0. The Labute approximate surface area is 169 Å². The fourth-order valence-corrected chi connectivity index (χ4v) is 3.73. The van der Waals surface area contributed by atoms with Crippen LogP contribution in [-0.2, 0) is 0 Å². The molecule has 0 atom stereocenters. The average molecular weight is 377 g/mol. The number of methoxy groups -OCH3 is 1. The highest BCUT2D eigenvalue weighted by Crippen LogP contribution is 2.34. The van der Waals surface area contributed by atoms with Crippen molar-refractivity contribution in [2.75, 3.05) is 30.8 Å². The zero-order chi connectivity index (χ0) is 20.1. The molecule has 3 aromatic rings. The summed E-state index contributed by atoms with van der Waals surface area (Å²) < 4.78 is 5.59. The van der Waals surface area contributed by atoms with Gasteiger partial charge in [0.1, 0.15) is 5.75 Å². The maximum Gasteiger partial charge on any atom is 0.142 e. The minimum absolute atomic E-state index is 0.493. The van der Waals surface area contributed by atoms with Crippen LogP contribution in [0.4, 0.5) is 11.4 Å². The molecular formula is C25H32N2O. The molecule has 0 saturated carbocycles. The second-order valence-electron chi connectivity index (χ2n) is 7.84. The zero-order valence-electron chi connectivity index (χ0n) is 17.7. The van der Waals surface area contributed by atoms with E-state index in [9.17, 15) is 0 Å². The Morgan fingerprint density at radius 3 is 1.93 bits per heavy atom. The molecule has 0 aliphatic carbocycles. The SMILES string of the molecule is COc1ccc2ccccc2c1NCCNc1c(C(C)C)cccc1C(C)C. The van der Waals surface area contributed by atoms with Crippen LogP contribution in [0.15, 0.2) is 54.6 Å². The van der Waals surface area contributed by atoms with E-state index in [1.807, 2.05) is 6.07 Å². The van der Waals surface area contributed by atoms with Crippen LogP contribution in [0.1, 0.15) is 50.7 Å². The van der Waals surface area contributed by atoms with Gasteiger partial charge in [-0.25, -0.2) is 0 Å². The number of hydrogen-bond donors (Lipinski definition) is 2. The first-order valence-electron chi connectivity index (χ1n) is 10.2. The number of nitrogens with one attached hydrogen (secondary N) is 2. The van der Waals surface area contributed by atoms with Crippen molar-refractivity contribution < 1.29 is 4.74 Å². The molecule has 0 saturated heterocycles. The molecule has 28 heavy (non-hydrogen) atoms. The van der Waals surface area contributed by atoms with Gasteiger partial charge in [0, 0.05) is 24.2 Å². The third kappa shape index (κ3) is 4.24. The van der Waals surface area contributed by atoms with Gasteiger partial charge in [-0.15, -0.1) is 0 Å². The molecule has 2 N–H and O–H groups in total. The van der Waals surface area contributed by atoms with Crippen molar-refractivity contribution in [1.82, 2.24) is 0 Å². The van der Waals surface area contributed by atoms with E-state index in [-0.39, 0.29) is 0 Å². The van der Waals surface area contributed by atoms with E-state index in [1.165, 1.54) is 27.6 Å². The highest BCUT2D eigenvalue weighted by molar-refractivity contribution is 5.97. The molecule has 0 bridgehead atoms. The Morgan fingerprint density at radius 2 is 1.32 bits per heavy atom. The summed E-state index contributed by atoms with van der Waals surface area (Å²) in [6.45, 7) is 10.7. The van der Waals surface area contributed by atoms with Crippen molar-refractivity contribution in [3.05, 3.63) is 65.7 Å². The van der Waals surface area contributed by atoms with Crippen LogP contribution in [0.25, 0.3) is 10.8 Å². The topological polar surface area (TPSA) is 33.3 Å². The third-order valence-corrected chi connectivity index (χ3v) is 5.21. The lowest BCUT2D eigenvalue weighted by Crippen LogP contribution is -2.17. The largest absolute Gasteiger partial charge is 0.495 e. The van der Waals surface area contributed by atoms with E-state index < -0.39 is 0 Å². The van der Waals surface area contributed by atoms with Crippen LogP contribution in [0, 0.1) is 0 Å². The molecule has 0 radical (unpaired) electrons. The molecule has 0 spiro atoms. The maximum absolute atomic E-state index is 5.59. The van der Waals surface area contributed by atoms with Crippen molar-refractivity contribution in [3.8, 4) is 5.75 Å². The number of para-hydroxylation sites is 1. The lowest BCUT2D eigenvalue weighted by Gasteiger charge is -2.21. The maximum atomic E-state index is 5.59. The van der Waals surface area contributed by atoms with Gasteiger partial charge in [0.2, 0.25) is 0 Å². The van der Waals surface area contributed by atoms with Gasteiger partial charge in [0.25, 0.3) is 0 Å². The number of anilines is 2. The smallest absolute Gasteiger partial charge is 0.142 e. The van der Waals surface area contributed by atoms with Crippen molar-refractivity contribution in [1.29, 1.82) is 0 Å². The Kier molecular flexibility index (Phi) is 6.45. The molecule has 3 rings (SSSR count). The first-order valence-corrected chi connectivity index (χ1v) is 10.2. The summed E-state index contributed by atoms with van der Waals surface area (Å²) >= 11 is 0. The van der Waals surface area contributed by atoms with E-state index >= 15 is 0 Å². The lowest BCUT2D eigenvalue weighted by molar-refractivity contribution is 0.417. The number of fused-ring (bicyclic) bond motifs is 1. The fourth-order valence-electron chi connectivity index (χ4n) is 3.73. The standard InChI is InChI=1S/C25H32N2O/c1-17(2)20-11-8-12-21(18(3)4)24(20)26-15-16-27-25-22-10-7-6-9-19(22)13-14-23(25)28-5/h6-14,17-18,26-27H,15-16H2,1-5H3. The van der Waals surface area contributed by atoms with Gasteiger partial charge in [-0.2, -0.15) is 0 Å². The average Bonchev–Trinajstić information content (AvgIpc) is 2.70. The Bertz CT molecular complexity index is 905. The fraction of sp³-hybridized carbons (Fsp3) is 0.360. The molecular weight excluding hydrogens is 344 g/mol. The van der Waals surface area contributed by atoms with Gasteiger partial charge in [-0.3, -0.25) is 0 Å². The van der Waals surface area contributed by atoms with E-state index in [0.717, 1.165) is 24.5 Å². The van der Waals surface area contributed by atoms with Crippen molar-refractivity contribution in [2.24, 2.45) is 0 Å². The van der Waals surface area contributed by atoms with Gasteiger partial charge >= 0.3 is 0 Å². The van der Waals surface area contributed by atoms with E-state index in [2.05, 4.69) is 86.9 Å². The number of benzene rings is 3. The van der Waals surface area contributed by atoms with Gasteiger partial charge in [0.05, 0.1) is 12.8 Å². The van der Waals surface area contributed by atoms with Gasteiger partial charge < -0.3 is 15.4 Å². The quantitative estimate of drug-likeness (QED) is 0.433. The normalized spacial score (nSPS) is 11.2. The van der Waals surface area contributed by atoms with Crippen molar-refractivity contribution >= 4 is 22.1 Å². The molecule has 3 heteroatoms. The van der Waals surface area contributed by atoms with E-state index in [4.69, 9.17) is 4.74 Å². The monoisotopic (exact) mass is 376 g/mol. The minimum Gasteiger partial charge on any atom is -0.495 e. The molecule has 0 aliphatic rings. The molecule has 0 aromatic heterocycles. The molecule has 3 aromatic carbocycles. The van der Waals surface area contributed by atoms with Crippen molar-refractivity contribution in [3.63, 3.8) is 0 Å². The molecule has 0 aliphatic heterocycles. The van der Waals surface area contributed by atoms with Gasteiger partial charge in [-0.05, 0) is 34.4 Å². The highest BCUT2D eigenvalue weighted by atomic mass is 16.5. The molecule has 0 fully saturated rings. The summed E-state index contributed by atoms with van der Waals surface area (Å²) in [6, 6.07) is 19.2. The second-order valence-corrected chi connectivity index (χ2v) is 7.84. The van der Waals surface area contributed by atoms with Crippen LogP contribution in [-0.4, -0.2) is 20.2 Å². The summed E-state index contributed by atoms with van der Waals surface area (Å²) in [6.07, 6.45) is 0. The molecule has 0 amide bonds. The predicted octanol–water partition coefficient (Wildman–Crippen LogP) is 6.62. The van der Waals surface area contributed by atoms with Crippen LogP contribution >= 0.6 is 0 Å². The van der Waals surface area contributed by atoms with Gasteiger partial charge in [-0.1, -0.05) is 76.2 Å². The summed E-state index contributed by atoms with van der Waals surface area (Å²) in [5.41, 5.74) is 5.12. The van der Waals surface area contributed by atoms with Crippen LogP contribution < -0.4 is 15.4 Å². The molecule has 0 heterocycles. The minimum atomic E-state index is 0.493. The number of hydrogen-bond acceptors (Lipinski definition) is 3. The second kappa shape index (κ2) is 9.01. The first-order chi connectivity index (χ1) is 13.5. The van der Waals surface area contributed by atoms with Gasteiger partial charge in [0.15, 0.2) is 0 Å². The Balaban J connectivity index is 1.76. The van der Waals surface area contributed by atoms with E-state index in [1.54, 1.807) is 7.11 Å². The van der Waals surface area contributed by atoms with Crippen LogP contribution in [0.2, 0.25) is 0 Å². The Morgan fingerprint density at radius 1 is 0.714 bits per heavy atom. The highest BCUT2D eigenvalue weighted by Gasteiger charge is 2.13.